The number of unbranched alkanes of at least 4 members (excludes halogenated alkanes) is 1. The van der Waals surface area contributed by atoms with Crippen LogP contribution in [-0.4, -0.2) is 34.4 Å². The zero-order valence-electron chi connectivity index (χ0n) is 16.1. The van der Waals surface area contributed by atoms with Crippen molar-refractivity contribution in [1.29, 1.82) is 0 Å². The first-order valence-corrected chi connectivity index (χ1v) is 9.30. The van der Waals surface area contributed by atoms with Crippen LogP contribution in [0.15, 0.2) is 42.5 Å². The van der Waals surface area contributed by atoms with Crippen LogP contribution >= 0.6 is 0 Å². The van der Waals surface area contributed by atoms with Gasteiger partial charge >= 0.3 is 11.8 Å². The van der Waals surface area contributed by atoms with Gasteiger partial charge in [0.05, 0.1) is 6.61 Å². The highest BCUT2D eigenvalue weighted by Gasteiger charge is 2.44. The monoisotopic (exact) mass is 399 g/mol. The average Bonchev–Trinajstić information content (AvgIpc) is 2.73. The van der Waals surface area contributed by atoms with Crippen molar-refractivity contribution < 1.29 is 24.0 Å². The lowest BCUT2D eigenvalue weighted by atomic mass is 10.1. The second-order valence-corrected chi connectivity index (χ2v) is 6.56. The third kappa shape index (κ3) is 4.18. The molecule has 0 saturated heterocycles. The fourth-order valence-corrected chi connectivity index (χ4v) is 2.96. The number of hydrogen-bond donors (Lipinski definition) is 0. The van der Waals surface area contributed by atoms with E-state index in [0.717, 1.165) is 11.3 Å². The molecule has 9 heteroatoms. The lowest BCUT2D eigenvalue weighted by Gasteiger charge is -2.33. The minimum absolute atomic E-state index is 0.0728. The molecule has 2 heterocycles. The van der Waals surface area contributed by atoms with Gasteiger partial charge in [0.2, 0.25) is 6.10 Å². The number of carbonyl (C=O) groups is 2. The highest BCUT2D eigenvalue weighted by atomic mass is 16.6. The van der Waals surface area contributed by atoms with Gasteiger partial charge in [0, 0.05) is 11.6 Å². The van der Waals surface area contributed by atoms with Crippen molar-refractivity contribution in [3.63, 3.8) is 0 Å². The van der Waals surface area contributed by atoms with Gasteiger partial charge in [-0.15, -0.1) is 0 Å². The molecule has 0 fully saturated rings. The number of amides is 1. The minimum atomic E-state index is -1.03. The maximum Gasteiger partial charge on any atom is 0.366 e. The van der Waals surface area contributed by atoms with E-state index in [0.29, 0.717) is 12.0 Å². The second-order valence-electron chi connectivity index (χ2n) is 6.56. The van der Waals surface area contributed by atoms with Gasteiger partial charge in [-0.25, -0.2) is 4.79 Å². The summed E-state index contributed by atoms with van der Waals surface area (Å²) in [6.07, 6.45) is 0.547. The molecular weight excluding hydrogens is 378 g/mol. The van der Waals surface area contributed by atoms with Crippen LogP contribution < -0.4 is 9.64 Å². The lowest BCUT2D eigenvalue weighted by Crippen LogP contribution is -2.50. The van der Waals surface area contributed by atoms with E-state index in [1.54, 1.807) is 30.3 Å². The molecule has 1 aromatic heterocycles. The maximum atomic E-state index is 13.2. The van der Waals surface area contributed by atoms with Crippen LogP contribution in [0.1, 0.15) is 38.4 Å². The number of esters is 1. The van der Waals surface area contributed by atoms with Gasteiger partial charge in [-0.05, 0) is 29.3 Å². The number of hydrogen-bond acceptors (Lipinski definition) is 7. The predicted molar refractivity (Wildman–Crippen MR) is 104 cm³/mol. The fraction of sp³-hybridized carbons (Fsp3) is 0.350. The van der Waals surface area contributed by atoms with Crippen LogP contribution in [0.2, 0.25) is 0 Å². The molecule has 2 aromatic rings. The molecule has 3 rings (SSSR count). The van der Waals surface area contributed by atoms with Crippen LogP contribution in [0.3, 0.4) is 0 Å². The topological polar surface area (TPSA) is 112 Å². The molecule has 0 N–H and O–H groups in total. The Morgan fingerprint density at radius 2 is 2.03 bits per heavy atom. The molecule has 0 aliphatic carbocycles. The molecule has 1 aliphatic heterocycles. The van der Waals surface area contributed by atoms with E-state index >= 15 is 0 Å². The number of nitro groups is 1. The average molecular weight is 399 g/mol. The second kappa shape index (κ2) is 8.68. The van der Waals surface area contributed by atoms with Crippen LogP contribution in [0.5, 0.6) is 5.75 Å². The van der Waals surface area contributed by atoms with Crippen molar-refractivity contribution in [2.45, 2.75) is 38.8 Å². The molecule has 1 aromatic carbocycles. The Hall–Kier alpha value is -3.49. The molecule has 2 unspecified atom stereocenters. The van der Waals surface area contributed by atoms with Crippen LogP contribution in [0.25, 0.3) is 0 Å². The Morgan fingerprint density at radius 3 is 2.69 bits per heavy atom. The quantitative estimate of drug-likeness (QED) is 0.304. The van der Waals surface area contributed by atoms with E-state index in [1.807, 2.05) is 6.92 Å². The predicted octanol–water partition coefficient (Wildman–Crippen LogP) is 3.19. The molecule has 0 bridgehead atoms. The molecule has 2 atom stereocenters. The number of aromatic nitrogens is 1. The molecular formula is C20H21N3O6. The maximum absolute atomic E-state index is 13.2. The molecule has 152 valence electrons. The van der Waals surface area contributed by atoms with E-state index in [-0.39, 0.29) is 18.2 Å². The summed E-state index contributed by atoms with van der Waals surface area (Å²) in [6, 6.07) is 10.3. The Kier molecular flexibility index (Phi) is 6.06. The first-order chi connectivity index (χ1) is 13.9. The zero-order chi connectivity index (χ0) is 21.0. The summed E-state index contributed by atoms with van der Waals surface area (Å²) in [5.41, 5.74) is 0.595. The van der Waals surface area contributed by atoms with Gasteiger partial charge in [0.15, 0.2) is 5.75 Å². The van der Waals surface area contributed by atoms with Crippen LogP contribution in [0.4, 0.5) is 11.6 Å². The number of fused-ring (bicyclic) bond motifs is 1. The SMILES string of the molecule is CCCCOC(=O)C(C)N1C(=O)C(c2ccccc2)Oc2ccc([N+](=O)[O-])nc21. The van der Waals surface area contributed by atoms with E-state index in [9.17, 15) is 19.7 Å². The van der Waals surface area contributed by atoms with Gasteiger partial charge in [-0.3, -0.25) is 9.69 Å². The number of rotatable bonds is 7. The third-order valence-corrected chi connectivity index (χ3v) is 4.52. The number of benzene rings is 1. The normalized spacial score (nSPS) is 16.6. The van der Waals surface area contributed by atoms with Gasteiger partial charge in [-0.1, -0.05) is 43.7 Å². The summed E-state index contributed by atoms with van der Waals surface area (Å²) >= 11 is 0. The number of carbonyl (C=O) groups excluding carboxylic acids is 2. The number of pyridine rings is 1. The molecule has 29 heavy (non-hydrogen) atoms. The van der Waals surface area contributed by atoms with Crippen molar-refractivity contribution in [3.05, 3.63) is 58.1 Å². The van der Waals surface area contributed by atoms with Gasteiger partial charge in [-0.2, -0.15) is 0 Å². The van der Waals surface area contributed by atoms with Gasteiger partial charge in [0.25, 0.3) is 11.7 Å². The van der Waals surface area contributed by atoms with E-state index in [2.05, 4.69) is 4.98 Å². The third-order valence-electron chi connectivity index (χ3n) is 4.52. The fourth-order valence-electron chi connectivity index (χ4n) is 2.96. The van der Waals surface area contributed by atoms with E-state index < -0.39 is 34.8 Å². The summed E-state index contributed by atoms with van der Waals surface area (Å²) < 4.78 is 11.0. The van der Waals surface area contributed by atoms with E-state index in [4.69, 9.17) is 9.47 Å². The number of anilines is 1. The minimum Gasteiger partial charge on any atom is -0.469 e. The van der Waals surface area contributed by atoms with Gasteiger partial charge < -0.3 is 19.6 Å². The number of nitrogens with zero attached hydrogens (tertiary/aromatic N) is 3. The van der Waals surface area contributed by atoms with Crippen molar-refractivity contribution in [3.8, 4) is 5.75 Å². The Morgan fingerprint density at radius 1 is 1.31 bits per heavy atom. The smallest absolute Gasteiger partial charge is 0.366 e. The Bertz CT molecular complexity index is 918. The van der Waals surface area contributed by atoms with Crippen molar-refractivity contribution in [2.75, 3.05) is 11.5 Å². The summed E-state index contributed by atoms with van der Waals surface area (Å²) in [7, 11) is 0. The Balaban J connectivity index is 2.01. The molecule has 0 saturated carbocycles. The first kappa shape index (κ1) is 20.2. The molecule has 0 spiro atoms. The lowest BCUT2D eigenvalue weighted by molar-refractivity contribution is -0.389. The molecule has 1 aliphatic rings. The molecule has 9 nitrogen and oxygen atoms in total. The summed E-state index contributed by atoms with van der Waals surface area (Å²) in [5.74, 6) is -1.50. The van der Waals surface area contributed by atoms with Gasteiger partial charge in [0.1, 0.15) is 6.04 Å². The van der Waals surface area contributed by atoms with Crippen molar-refractivity contribution in [1.82, 2.24) is 4.98 Å². The molecule has 1 amide bonds. The zero-order valence-corrected chi connectivity index (χ0v) is 16.1. The standard InChI is InChI=1S/C20H21N3O6/c1-3-4-12-28-20(25)13(2)22-18-15(10-11-16(21-18)23(26)27)29-17(19(22)24)14-8-6-5-7-9-14/h5-11,13,17H,3-4,12H2,1-2H3. The van der Waals surface area contributed by atoms with Crippen molar-refractivity contribution >= 4 is 23.5 Å². The Labute approximate surface area is 167 Å². The van der Waals surface area contributed by atoms with Crippen LogP contribution in [-0.2, 0) is 14.3 Å². The summed E-state index contributed by atoms with van der Waals surface area (Å²) in [5, 5.41) is 11.1. The van der Waals surface area contributed by atoms with Crippen molar-refractivity contribution in [2.24, 2.45) is 0 Å². The highest BCUT2D eigenvalue weighted by molar-refractivity contribution is 6.04. The highest BCUT2D eigenvalue weighted by Crippen LogP contribution is 2.39. The number of ether oxygens (including phenoxy) is 2. The summed E-state index contributed by atoms with van der Waals surface area (Å²) in [4.78, 5) is 41.3. The summed E-state index contributed by atoms with van der Waals surface area (Å²) in [6.45, 7) is 3.70. The first-order valence-electron chi connectivity index (χ1n) is 9.30. The molecule has 0 radical (unpaired) electrons. The largest absolute Gasteiger partial charge is 0.469 e. The van der Waals surface area contributed by atoms with E-state index in [1.165, 1.54) is 19.1 Å². The van der Waals surface area contributed by atoms with Crippen LogP contribution in [0, 0.1) is 10.1 Å².